The zero-order valence-corrected chi connectivity index (χ0v) is 24.7. The summed E-state index contributed by atoms with van der Waals surface area (Å²) in [4.78, 5) is 68.0. The predicted octanol–water partition coefficient (Wildman–Crippen LogP) is 3.05. The summed E-state index contributed by atoms with van der Waals surface area (Å²) in [5, 5.41) is 12.4. The molecule has 0 bridgehead atoms. The average molecular weight is 568 g/mol. The van der Waals surface area contributed by atoms with Gasteiger partial charge >= 0.3 is 0 Å². The molecule has 0 aliphatic carbocycles. The zero-order valence-electron chi connectivity index (χ0n) is 24.7. The molecule has 41 heavy (non-hydrogen) atoms. The maximum absolute atomic E-state index is 13.7. The van der Waals surface area contributed by atoms with Crippen molar-refractivity contribution in [2.24, 2.45) is 5.92 Å². The topological polar surface area (TPSA) is 149 Å². The Hall–Kier alpha value is -3.69. The predicted molar refractivity (Wildman–Crippen MR) is 158 cm³/mol. The van der Waals surface area contributed by atoms with Crippen LogP contribution in [-0.4, -0.2) is 58.6 Å². The van der Waals surface area contributed by atoms with E-state index >= 15 is 0 Å². The maximum Gasteiger partial charge on any atom is 0.243 e. The normalized spacial score (nSPS) is 22.7. The maximum atomic E-state index is 13.7. The lowest BCUT2D eigenvalue weighted by molar-refractivity contribution is -0.133. The molecular weight excluding hydrogens is 522 g/mol. The highest BCUT2D eigenvalue weighted by molar-refractivity contribution is 5.95. The fraction of sp³-hybridized carbons (Fsp3) is 0.581. The average Bonchev–Trinajstić information content (AvgIpc) is 3.33. The second-order valence-corrected chi connectivity index (χ2v) is 11.5. The Kier molecular flexibility index (Phi) is 11.9. The summed E-state index contributed by atoms with van der Waals surface area (Å²) in [5.74, 6) is -1.24. The van der Waals surface area contributed by atoms with Gasteiger partial charge in [-0.1, -0.05) is 51.8 Å². The van der Waals surface area contributed by atoms with Crippen LogP contribution in [0.5, 0.6) is 0 Å². The summed E-state index contributed by atoms with van der Waals surface area (Å²) >= 11 is 0. The molecule has 4 amide bonds. The molecular formula is C31H45N5O5. The van der Waals surface area contributed by atoms with E-state index in [2.05, 4.69) is 26.3 Å². The van der Waals surface area contributed by atoms with E-state index in [0.29, 0.717) is 38.5 Å². The minimum atomic E-state index is -0.917. The number of H-pyrrole nitrogens is 1. The Morgan fingerprint density at radius 3 is 2.34 bits per heavy atom. The first kappa shape index (κ1) is 31.8. The number of para-hydroxylation sites is 1. The number of hydrogen-bond acceptors (Lipinski definition) is 5. The number of nitrogens with one attached hydrogen (secondary N) is 5. The number of rotatable bonds is 11. The highest BCUT2D eigenvalue weighted by atomic mass is 16.2. The van der Waals surface area contributed by atoms with Gasteiger partial charge in [0.25, 0.3) is 0 Å². The third-order valence-electron chi connectivity index (χ3n) is 7.51. The number of ketones is 1. The number of hydrogen-bond donors (Lipinski definition) is 5. The minimum Gasteiger partial charge on any atom is -0.361 e. The fourth-order valence-electron chi connectivity index (χ4n) is 5.25. The molecule has 4 atom stereocenters. The Labute approximate surface area is 242 Å². The number of amides is 4. The summed E-state index contributed by atoms with van der Waals surface area (Å²) in [5.41, 5.74) is 1.80. The molecule has 1 aromatic carbocycles. The minimum absolute atomic E-state index is 0.0230. The van der Waals surface area contributed by atoms with Crippen LogP contribution in [0, 0.1) is 5.92 Å². The first-order chi connectivity index (χ1) is 19.6. The van der Waals surface area contributed by atoms with E-state index in [1.165, 1.54) is 0 Å². The summed E-state index contributed by atoms with van der Waals surface area (Å²) < 4.78 is 0. The van der Waals surface area contributed by atoms with Gasteiger partial charge in [-0.05, 0) is 43.7 Å². The van der Waals surface area contributed by atoms with Gasteiger partial charge in [0.1, 0.15) is 23.9 Å². The first-order valence-corrected chi connectivity index (χ1v) is 14.8. The van der Waals surface area contributed by atoms with Crippen LogP contribution in [0.4, 0.5) is 0 Å². The van der Waals surface area contributed by atoms with Crippen LogP contribution in [-0.2, 0) is 30.4 Å². The van der Waals surface area contributed by atoms with Crippen LogP contribution in [0.3, 0.4) is 0 Å². The third-order valence-corrected chi connectivity index (χ3v) is 7.51. The highest BCUT2D eigenvalue weighted by Gasteiger charge is 2.31. The van der Waals surface area contributed by atoms with Gasteiger partial charge in [0.2, 0.25) is 23.6 Å². The quantitative estimate of drug-likeness (QED) is 0.265. The van der Waals surface area contributed by atoms with E-state index in [1.54, 1.807) is 6.92 Å². The number of aromatic nitrogens is 1. The molecule has 1 fully saturated rings. The van der Waals surface area contributed by atoms with E-state index in [4.69, 9.17) is 0 Å². The van der Waals surface area contributed by atoms with Gasteiger partial charge in [-0.2, -0.15) is 0 Å². The molecule has 3 rings (SSSR count). The van der Waals surface area contributed by atoms with Gasteiger partial charge in [-0.3, -0.25) is 24.0 Å². The summed E-state index contributed by atoms with van der Waals surface area (Å²) in [6.45, 7) is 7.43. The lowest BCUT2D eigenvalue weighted by Gasteiger charge is -2.25. The Morgan fingerprint density at radius 1 is 0.902 bits per heavy atom. The van der Waals surface area contributed by atoms with Crippen LogP contribution in [0.2, 0.25) is 0 Å². The van der Waals surface area contributed by atoms with Crippen molar-refractivity contribution in [1.82, 2.24) is 26.3 Å². The molecule has 0 unspecified atom stereocenters. The number of carbonyl (C=O) groups excluding carboxylic acids is 5. The zero-order chi connectivity index (χ0) is 29.9. The van der Waals surface area contributed by atoms with Crippen molar-refractivity contribution in [1.29, 1.82) is 0 Å². The largest absolute Gasteiger partial charge is 0.361 e. The Morgan fingerprint density at radius 2 is 1.61 bits per heavy atom. The molecule has 1 aliphatic heterocycles. The van der Waals surface area contributed by atoms with Crippen molar-refractivity contribution in [3.63, 3.8) is 0 Å². The monoisotopic (exact) mass is 567 g/mol. The van der Waals surface area contributed by atoms with Crippen LogP contribution in [0.15, 0.2) is 30.5 Å². The number of Topliss-reactive ketones (excluding diaryl/α,β-unsaturated/α-hetero) is 1. The molecule has 1 saturated heterocycles. The van der Waals surface area contributed by atoms with Crippen LogP contribution in [0.25, 0.3) is 10.9 Å². The molecule has 1 aromatic heterocycles. The lowest BCUT2D eigenvalue weighted by Crippen LogP contribution is -2.56. The van der Waals surface area contributed by atoms with Crippen LogP contribution in [0.1, 0.15) is 84.6 Å². The molecule has 2 aromatic rings. The molecule has 5 N–H and O–H groups in total. The molecule has 10 nitrogen and oxygen atoms in total. The van der Waals surface area contributed by atoms with Gasteiger partial charge in [-0.15, -0.1) is 0 Å². The smallest absolute Gasteiger partial charge is 0.243 e. The number of unbranched alkanes of at least 4 members (excludes halogenated alkanes) is 2. The van der Waals surface area contributed by atoms with Crippen molar-refractivity contribution >= 4 is 40.3 Å². The van der Waals surface area contributed by atoms with Crippen molar-refractivity contribution in [3.8, 4) is 0 Å². The van der Waals surface area contributed by atoms with E-state index in [1.807, 2.05) is 51.2 Å². The van der Waals surface area contributed by atoms with Crippen molar-refractivity contribution in [3.05, 3.63) is 36.0 Å². The third kappa shape index (κ3) is 9.72. The number of fused-ring (bicyclic) bond motifs is 1. The van der Waals surface area contributed by atoms with E-state index in [9.17, 15) is 24.0 Å². The first-order valence-electron chi connectivity index (χ1n) is 14.8. The van der Waals surface area contributed by atoms with E-state index in [-0.39, 0.29) is 36.4 Å². The second kappa shape index (κ2) is 15.3. The van der Waals surface area contributed by atoms with Gasteiger partial charge in [0.05, 0.1) is 0 Å². The van der Waals surface area contributed by atoms with Crippen molar-refractivity contribution in [2.75, 3.05) is 0 Å². The van der Waals surface area contributed by atoms with Crippen LogP contribution < -0.4 is 21.3 Å². The van der Waals surface area contributed by atoms with Crippen molar-refractivity contribution < 1.29 is 24.0 Å². The second-order valence-electron chi connectivity index (χ2n) is 11.5. The van der Waals surface area contributed by atoms with Gasteiger partial charge in [0.15, 0.2) is 0 Å². The van der Waals surface area contributed by atoms with Crippen molar-refractivity contribution in [2.45, 2.75) is 110 Å². The SMILES string of the molecule is CCC(=O)CCCCC[C@H]1NC(=O)[C@H](C)NC(=O)C[C@H](CC(C)C)NC(=O)[C@H](Cc2c[nH]c3ccccc23)NC1=O. The molecule has 10 heteroatoms. The molecule has 0 spiro atoms. The van der Waals surface area contributed by atoms with Gasteiger partial charge in [0, 0.05) is 48.8 Å². The van der Waals surface area contributed by atoms with E-state index < -0.39 is 36.0 Å². The lowest BCUT2D eigenvalue weighted by atomic mass is 9.98. The number of benzene rings is 1. The van der Waals surface area contributed by atoms with Gasteiger partial charge in [-0.25, -0.2) is 0 Å². The highest BCUT2D eigenvalue weighted by Crippen LogP contribution is 2.20. The molecule has 0 saturated carbocycles. The fourth-order valence-corrected chi connectivity index (χ4v) is 5.25. The van der Waals surface area contributed by atoms with Gasteiger partial charge < -0.3 is 26.3 Å². The standard InChI is InChI=1S/C31H45N5O5/c1-5-23(37)11-7-6-8-14-26-30(40)36-27(16-21-18-32-25-13-10-9-12-24(21)25)31(41)34-22(15-19(2)3)17-28(38)33-20(4)29(39)35-26/h9-10,12-13,18-20,22,26-27,32H,5-8,11,14-17H2,1-4H3,(H,33,38)(H,34,41)(H,35,39)(H,36,40)/t20-,22-,26+,27-/m0/s1. The van der Waals surface area contributed by atoms with E-state index in [0.717, 1.165) is 22.9 Å². The Balaban J connectivity index is 1.86. The number of aromatic amines is 1. The molecule has 1 aliphatic rings. The summed E-state index contributed by atoms with van der Waals surface area (Å²) in [6.07, 6.45) is 6.06. The summed E-state index contributed by atoms with van der Waals surface area (Å²) in [6, 6.07) is 4.62. The molecule has 0 radical (unpaired) electrons. The molecule has 2 heterocycles. The Bertz CT molecular complexity index is 1220. The molecule has 224 valence electrons. The summed E-state index contributed by atoms with van der Waals surface area (Å²) in [7, 11) is 0. The number of carbonyl (C=O) groups is 5. The van der Waals surface area contributed by atoms with Crippen LogP contribution >= 0.6 is 0 Å².